The molecule has 0 unspecified atom stereocenters. The fourth-order valence-electron chi connectivity index (χ4n) is 1.83. The van der Waals surface area contributed by atoms with Gasteiger partial charge in [-0.2, -0.15) is 0 Å². The number of nitrogens with zero attached hydrogens (tertiary/aromatic N) is 1. The van der Waals surface area contributed by atoms with E-state index in [1.165, 1.54) is 17.7 Å². The van der Waals surface area contributed by atoms with Crippen LogP contribution in [0.3, 0.4) is 0 Å². The minimum Gasteiger partial charge on any atom is -0.375 e. The van der Waals surface area contributed by atoms with E-state index < -0.39 is 0 Å². The molecule has 0 saturated carbocycles. The number of benzene rings is 1. The first kappa shape index (κ1) is 14.0. The average molecular weight is 234 g/mol. The van der Waals surface area contributed by atoms with Gasteiger partial charge < -0.3 is 10.2 Å². The van der Waals surface area contributed by atoms with E-state index in [4.69, 9.17) is 0 Å². The zero-order chi connectivity index (χ0) is 12.7. The van der Waals surface area contributed by atoms with E-state index in [1.807, 2.05) is 0 Å². The van der Waals surface area contributed by atoms with Crippen molar-refractivity contribution in [1.82, 2.24) is 5.32 Å². The lowest BCUT2D eigenvalue weighted by Gasteiger charge is -2.20. The lowest BCUT2D eigenvalue weighted by molar-refractivity contribution is 0.543. The maximum Gasteiger partial charge on any atom is 0.0366 e. The summed E-state index contributed by atoms with van der Waals surface area (Å²) in [7, 11) is 2.16. The largest absolute Gasteiger partial charge is 0.375 e. The Morgan fingerprint density at radius 2 is 2.06 bits per heavy atom. The molecule has 0 amide bonds. The van der Waals surface area contributed by atoms with Gasteiger partial charge in [-0.1, -0.05) is 26.0 Å². The summed E-state index contributed by atoms with van der Waals surface area (Å²) in [5, 5.41) is 3.48. The van der Waals surface area contributed by atoms with Gasteiger partial charge in [0.05, 0.1) is 0 Å². The fraction of sp³-hybridized carbons (Fsp3) is 0.600. The van der Waals surface area contributed by atoms with Crippen molar-refractivity contribution in [3.63, 3.8) is 0 Å². The summed E-state index contributed by atoms with van der Waals surface area (Å²) in [5.74, 6) is 0.740. The number of rotatable bonds is 7. The molecular weight excluding hydrogens is 208 g/mol. The normalized spacial score (nSPS) is 10.9. The van der Waals surface area contributed by atoms with Crippen LogP contribution in [0.1, 0.15) is 25.8 Å². The molecule has 1 aromatic carbocycles. The molecule has 96 valence electrons. The molecule has 1 rings (SSSR count). The molecule has 2 heteroatoms. The Balaban J connectivity index is 2.23. The molecule has 0 heterocycles. The summed E-state index contributed by atoms with van der Waals surface area (Å²) in [6, 6.07) is 8.68. The Morgan fingerprint density at radius 1 is 1.29 bits per heavy atom. The third kappa shape index (κ3) is 5.73. The first-order chi connectivity index (χ1) is 8.09. The predicted octanol–water partition coefficient (Wildman–Crippen LogP) is 3.07. The van der Waals surface area contributed by atoms with Crippen LogP contribution in [0.15, 0.2) is 24.3 Å². The Morgan fingerprint density at radius 3 is 2.71 bits per heavy atom. The second kappa shape index (κ2) is 7.33. The van der Waals surface area contributed by atoms with Crippen LogP contribution < -0.4 is 10.2 Å². The minimum atomic E-state index is 0.740. The summed E-state index contributed by atoms with van der Waals surface area (Å²) >= 11 is 0. The summed E-state index contributed by atoms with van der Waals surface area (Å²) < 4.78 is 0. The number of anilines is 1. The van der Waals surface area contributed by atoms with Crippen molar-refractivity contribution in [1.29, 1.82) is 0 Å². The first-order valence-electron chi connectivity index (χ1n) is 6.58. The maximum absolute atomic E-state index is 3.48. The highest BCUT2D eigenvalue weighted by Gasteiger charge is 2.00. The molecule has 1 N–H and O–H groups in total. The molecule has 0 atom stereocenters. The molecule has 0 aliphatic rings. The standard InChI is InChI=1S/C15H26N2/c1-13(2)12-16-9-6-10-17(4)15-8-5-7-14(3)11-15/h5,7-8,11,13,16H,6,9-10,12H2,1-4H3. The number of hydrogen-bond donors (Lipinski definition) is 1. The molecule has 0 saturated heterocycles. The third-order valence-electron chi connectivity index (χ3n) is 2.84. The summed E-state index contributed by atoms with van der Waals surface area (Å²) in [4.78, 5) is 2.32. The minimum absolute atomic E-state index is 0.740. The Kier molecular flexibility index (Phi) is 6.06. The Hall–Kier alpha value is -1.02. The summed E-state index contributed by atoms with van der Waals surface area (Å²) in [6.45, 7) is 9.95. The van der Waals surface area contributed by atoms with Gasteiger partial charge in [-0.05, 0) is 50.0 Å². The number of aryl methyl sites for hydroxylation is 1. The molecular formula is C15H26N2. The molecule has 0 bridgehead atoms. The zero-order valence-electron chi connectivity index (χ0n) is 11.7. The van der Waals surface area contributed by atoms with Gasteiger partial charge in [0.15, 0.2) is 0 Å². The van der Waals surface area contributed by atoms with E-state index in [0.717, 1.165) is 25.6 Å². The van der Waals surface area contributed by atoms with Gasteiger partial charge in [0.1, 0.15) is 0 Å². The van der Waals surface area contributed by atoms with Crippen molar-refractivity contribution in [3.8, 4) is 0 Å². The van der Waals surface area contributed by atoms with E-state index in [9.17, 15) is 0 Å². The molecule has 0 aromatic heterocycles. The van der Waals surface area contributed by atoms with Crippen molar-refractivity contribution in [2.45, 2.75) is 27.2 Å². The number of hydrogen-bond acceptors (Lipinski definition) is 2. The van der Waals surface area contributed by atoms with E-state index in [1.54, 1.807) is 0 Å². The lowest BCUT2D eigenvalue weighted by atomic mass is 10.2. The SMILES string of the molecule is Cc1cccc(N(C)CCCNCC(C)C)c1. The van der Waals surface area contributed by atoms with E-state index >= 15 is 0 Å². The number of nitrogens with one attached hydrogen (secondary N) is 1. The van der Waals surface area contributed by atoms with Gasteiger partial charge in [-0.25, -0.2) is 0 Å². The molecule has 0 aliphatic carbocycles. The molecule has 0 spiro atoms. The van der Waals surface area contributed by atoms with Crippen molar-refractivity contribution < 1.29 is 0 Å². The monoisotopic (exact) mass is 234 g/mol. The predicted molar refractivity (Wildman–Crippen MR) is 76.8 cm³/mol. The van der Waals surface area contributed by atoms with Crippen LogP contribution >= 0.6 is 0 Å². The lowest BCUT2D eigenvalue weighted by Crippen LogP contribution is -2.26. The quantitative estimate of drug-likeness (QED) is 0.729. The Labute approximate surface area is 106 Å². The van der Waals surface area contributed by atoms with Crippen LogP contribution in [0.5, 0.6) is 0 Å². The maximum atomic E-state index is 3.48. The van der Waals surface area contributed by atoms with Gasteiger partial charge in [-0.3, -0.25) is 0 Å². The van der Waals surface area contributed by atoms with Crippen LogP contribution in [0, 0.1) is 12.8 Å². The van der Waals surface area contributed by atoms with Gasteiger partial charge in [0, 0.05) is 19.3 Å². The summed E-state index contributed by atoms with van der Waals surface area (Å²) in [6.07, 6.45) is 1.19. The van der Waals surface area contributed by atoms with Gasteiger partial charge >= 0.3 is 0 Å². The Bertz CT molecular complexity index is 320. The van der Waals surface area contributed by atoms with Crippen LogP contribution in [0.4, 0.5) is 5.69 Å². The highest BCUT2D eigenvalue weighted by atomic mass is 15.1. The molecule has 0 fully saturated rings. The third-order valence-corrected chi connectivity index (χ3v) is 2.84. The second-order valence-electron chi connectivity index (χ2n) is 5.21. The van der Waals surface area contributed by atoms with E-state index in [0.29, 0.717) is 0 Å². The van der Waals surface area contributed by atoms with Crippen molar-refractivity contribution in [2.24, 2.45) is 5.92 Å². The molecule has 0 radical (unpaired) electrons. The summed E-state index contributed by atoms with van der Waals surface area (Å²) in [5.41, 5.74) is 2.64. The second-order valence-corrected chi connectivity index (χ2v) is 5.21. The van der Waals surface area contributed by atoms with Crippen molar-refractivity contribution in [2.75, 3.05) is 31.6 Å². The molecule has 2 nitrogen and oxygen atoms in total. The van der Waals surface area contributed by atoms with Crippen molar-refractivity contribution >= 4 is 5.69 Å². The molecule has 1 aromatic rings. The van der Waals surface area contributed by atoms with Crippen LogP contribution in [-0.2, 0) is 0 Å². The topological polar surface area (TPSA) is 15.3 Å². The smallest absolute Gasteiger partial charge is 0.0366 e. The average Bonchev–Trinajstić information content (AvgIpc) is 2.28. The van der Waals surface area contributed by atoms with Crippen LogP contribution in [0.2, 0.25) is 0 Å². The fourth-order valence-corrected chi connectivity index (χ4v) is 1.83. The van der Waals surface area contributed by atoms with Gasteiger partial charge in [-0.15, -0.1) is 0 Å². The van der Waals surface area contributed by atoms with Crippen LogP contribution in [0.25, 0.3) is 0 Å². The van der Waals surface area contributed by atoms with Crippen molar-refractivity contribution in [3.05, 3.63) is 29.8 Å². The molecule has 17 heavy (non-hydrogen) atoms. The highest BCUT2D eigenvalue weighted by molar-refractivity contribution is 5.47. The van der Waals surface area contributed by atoms with Gasteiger partial charge in [0.2, 0.25) is 0 Å². The zero-order valence-corrected chi connectivity index (χ0v) is 11.7. The molecule has 0 aliphatic heterocycles. The van der Waals surface area contributed by atoms with Crippen LogP contribution in [-0.4, -0.2) is 26.7 Å². The van der Waals surface area contributed by atoms with E-state index in [2.05, 4.69) is 62.3 Å². The van der Waals surface area contributed by atoms with Gasteiger partial charge in [0.25, 0.3) is 0 Å². The van der Waals surface area contributed by atoms with E-state index in [-0.39, 0.29) is 0 Å². The highest BCUT2D eigenvalue weighted by Crippen LogP contribution is 2.13. The first-order valence-corrected chi connectivity index (χ1v) is 6.58.